The standard InChI is InChI=1S/C16H18F3N3O3S2/c1-11(2)9-22(10-14(23)21-15-20-6-7-26-15)27(24,25)13-5-3-4-12(8-13)16(17,18)19/h3-8,11H,9-10H2,1-2H3,(H,20,21,23). The van der Waals surface area contributed by atoms with E-state index in [4.69, 9.17) is 0 Å². The summed E-state index contributed by atoms with van der Waals surface area (Å²) in [6, 6.07) is 3.47. The van der Waals surface area contributed by atoms with Crippen LogP contribution in [-0.2, 0) is 21.0 Å². The molecule has 0 aliphatic carbocycles. The van der Waals surface area contributed by atoms with Crippen LogP contribution in [0.5, 0.6) is 0 Å². The summed E-state index contributed by atoms with van der Waals surface area (Å²) in [4.78, 5) is 15.5. The normalized spacial score (nSPS) is 12.6. The molecule has 6 nitrogen and oxygen atoms in total. The molecule has 0 atom stereocenters. The first kappa shape index (κ1) is 21.3. The Balaban J connectivity index is 2.29. The van der Waals surface area contributed by atoms with Gasteiger partial charge >= 0.3 is 6.18 Å². The number of halogens is 3. The quantitative estimate of drug-likeness (QED) is 0.743. The van der Waals surface area contributed by atoms with Crippen molar-refractivity contribution in [1.29, 1.82) is 0 Å². The summed E-state index contributed by atoms with van der Waals surface area (Å²) in [5, 5.41) is 4.41. The van der Waals surface area contributed by atoms with Crippen LogP contribution in [0.1, 0.15) is 19.4 Å². The van der Waals surface area contributed by atoms with Gasteiger partial charge in [0.05, 0.1) is 17.0 Å². The van der Waals surface area contributed by atoms with Crippen molar-refractivity contribution in [2.75, 3.05) is 18.4 Å². The van der Waals surface area contributed by atoms with Crippen molar-refractivity contribution in [3.8, 4) is 0 Å². The molecule has 2 aromatic rings. The third kappa shape index (κ3) is 5.75. The highest BCUT2D eigenvalue weighted by molar-refractivity contribution is 7.89. The van der Waals surface area contributed by atoms with Crippen molar-refractivity contribution in [2.24, 2.45) is 5.92 Å². The highest BCUT2D eigenvalue weighted by Gasteiger charge is 2.33. The molecule has 1 aromatic carbocycles. The van der Waals surface area contributed by atoms with Gasteiger partial charge in [-0.3, -0.25) is 4.79 Å². The molecule has 0 saturated heterocycles. The maximum atomic E-state index is 12.9. The van der Waals surface area contributed by atoms with Crippen molar-refractivity contribution >= 4 is 32.4 Å². The minimum Gasteiger partial charge on any atom is -0.301 e. The van der Waals surface area contributed by atoms with Crippen LogP contribution in [0.4, 0.5) is 18.3 Å². The number of alkyl halides is 3. The van der Waals surface area contributed by atoms with E-state index in [9.17, 15) is 26.4 Å². The summed E-state index contributed by atoms with van der Waals surface area (Å²) in [6.45, 7) is 2.93. The summed E-state index contributed by atoms with van der Waals surface area (Å²) >= 11 is 1.16. The number of nitrogens with one attached hydrogen (secondary N) is 1. The predicted octanol–water partition coefficient (Wildman–Crippen LogP) is 3.45. The van der Waals surface area contributed by atoms with Gasteiger partial charge in [-0.25, -0.2) is 13.4 Å². The van der Waals surface area contributed by atoms with Crippen LogP contribution in [-0.4, -0.2) is 36.7 Å². The van der Waals surface area contributed by atoms with Crippen LogP contribution in [0.15, 0.2) is 40.7 Å². The van der Waals surface area contributed by atoms with E-state index in [2.05, 4.69) is 10.3 Å². The number of hydrogen-bond donors (Lipinski definition) is 1. The Kier molecular flexibility index (Phi) is 6.60. The molecule has 0 bridgehead atoms. The van der Waals surface area contributed by atoms with Crippen molar-refractivity contribution in [2.45, 2.75) is 24.9 Å². The van der Waals surface area contributed by atoms with Gasteiger partial charge in [0, 0.05) is 18.1 Å². The molecule has 1 aromatic heterocycles. The first-order valence-electron chi connectivity index (χ1n) is 7.87. The second-order valence-electron chi connectivity index (χ2n) is 6.10. The molecule has 11 heteroatoms. The lowest BCUT2D eigenvalue weighted by Gasteiger charge is -2.23. The number of amides is 1. The zero-order chi connectivity index (χ0) is 20.2. The lowest BCUT2D eigenvalue weighted by atomic mass is 10.2. The molecule has 2 rings (SSSR count). The van der Waals surface area contributed by atoms with Crippen LogP contribution in [0.2, 0.25) is 0 Å². The first-order valence-corrected chi connectivity index (χ1v) is 10.2. The molecule has 0 unspecified atom stereocenters. The molecule has 27 heavy (non-hydrogen) atoms. The molecule has 1 amide bonds. The monoisotopic (exact) mass is 421 g/mol. The summed E-state index contributed by atoms with van der Waals surface area (Å²) in [7, 11) is -4.30. The van der Waals surface area contributed by atoms with Gasteiger partial charge in [0.25, 0.3) is 0 Å². The van der Waals surface area contributed by atoms with Gasteiger partial charge < -0.3 is 5.32 Å². The number of anilines is 1. The van der Waals surface area contributed by atoms with Gasteiger partial charge in [0.2, 0.25) is 15.9 Å². The Hall–Kier alpha value is -1.98. The number of sulfonamides is 1. The zero-order valence-corrected chi connectivity index (χ0v) is 16.2. The minimum absolute atomic E-state index is 0.0239. The van der Waals surface area contributed by atoms with Crippen molar-refractivity contribution in [1.82, 2.24) is 9.29 Å². The fourth-order valence-electron chi connectivity index (χ4n) is 2.24. The molecule has 0 aliphatic heterocycles. The maximum absolute atomic E-state index is 12.9. The molecule has 1 N–H and O–H groups in total. The van der Waals surface area contributed by atoms with Crippen molar-refractivity contribution in [3.05, 3.63) is 41.4 Å². The second-order valence-corrected chi connectivity index (χ2v) is 8.93. The fourth-order valence-corrected chi connectivity index (χ4v) is 4.39. The number of benzene rings is 1. The Morgan fingerprint density at radius 1 is 1.33 bits per heavy atom. The topological polar surface area (TPSA) is 79.4 Å². The summed E-state index contributed by atoms with van der Waals surface area (Å²) in [6.07, 6.45) is -3.19. The molecular weight excluding hydrogens is 403 g/mol. The van der Waals surface area contributed by atoms with Gasteiger partial charge in [-0.2, -0.15) is 17.5 Å². The Morgan fingerprint density at radius 2 is 2.04 bits per heavy atom. The van der Waals surface area contributed by atoms with E-state index < -0.39 is 39.1 Å². The molecular formula is C16H18F3N3O3S2. The summed E-state index contributed by atoms with van der Waals surface area (Å²) in [5.41, 5.74) is -1.07. The molecule has 1 heterocycles. The minimum atomic E-state index is -4.67. The van der Waals surface area contributed by atoms with Crippen molar-refractivity contribution < 1.29 is 26.4 Å². The van der Waals surface area contributed by atoms with E-state index in [1.165, 1.54) is 6.20 Å². The number of thiazole rings is 1. The van der Waals surface area contributed by atoms with Gasteiger partial charge in [-0.1, -0.05) is 19.9 Å². The van der Waals surface area contributed by atoms with Crippen LogP contribution < -0.4 is 5.32 Å². The smallest absolute Gasteiger partial charge is 0.301 e. The van der Waals surface area contributed by atoms with Crippen LogP contribution in [0, 0.1) is 5.92 Å². The van der Waals surface area contributed by atoms with E-state index in [-0.39, 0.29) is 12.5 Å². The fraction of sp³-hybridized carbons (Fsp3) is 0.375. The number of rotatable bonds is 7. The lowest BCUT2D eigenvalue weighted by molar-refractivity contribution is -0.137. The molecule has 0 aliphatic rings. The highest BCUT2D eigenvalue weighted by atomic mass is 32.2. The third-order valence-electron chi connectivity index (χ3n) is 3.37. The lowest BCUT2D eigenvalue weighted by Crippen LogP contribution is -2.40. The second kappa shape index (κ2) is 8.36. The molecule has 0 saturated carbocycles. The number of carbonyl (C=O) groups excluding carboxylic acids is 1. The maximum Gasteiger partial charge on any atom is 0.416 e. The van der Waals surface area contributed by atoms with Gasteiger partial charge in [-0.15, -0.1) is 11.3 Å². The molecule has 0 radical (unpaired) electrons. The van der Waals surface area contributed by atoms with Crippen molar-refractivity contribution in [3.63, 3.8) is 0 Å². The van der Waals surface area contributed by atoms with Gasteiger partial charge in [0.1, 0.15) is 0 Å². The van der Waals surface area contributed by atoms with E-state index in [0.717, 1.165) is 33.8 Å². The van der Waals surface area contributed by atoms with Gasteiger partial charge in [-0.05, 0) is 24.1 Å². The SMILES string of the molecule is CC(C)CN(CC(=O)Nc1nccs1)S(=O)(=O)c1cccc(C(F)(F)F)c1. The zero-order valence-electron chi connectivity index (χ0n) is 14.5. The third-order valence-corrected chi connectivity index (χ3v) is 5.86. The predicted molar refractivity (Wildman–Crippen MR) is 95.8 cm³/mol. The van der Waals surface area contributed by atoms with E-state index in [1.807, 2.05) is 0 Å². The Labute approximate surface area is 159 Å². The Bertz CT molecular complexity index is 882. The summed E-state index contributed by atoms with van der Waals surface area (Å²) < 4.78 is 65.3. The van der Waals surface area contributed by atoms with Crippen LogP contribution in [0.25, 0.3) is 0 Å². The Morgan fingerprint density at radius 3 is 2.59 bits per heavy atom. The molecule has 148 valence electrons. The largest absolute Gasteiger partial charge is 0.416 e. The number of hydrogen-bond acceptors (Lipinski definition) is 5. The molecule has 0 spiro atoms. The molecule has 0 fully saturated rings. The van der Waals surface area contributed by atoms with E-state index in [1.54, 1.807) is 19.2 Å². The van der Waals surface area contributed by atoms with E-state index in [0.29, 0.717) is 11.2 Å². The van der Waals surface area contributed by atoms with Crippen LogP contribution >= 0.6 is 11.3 Å². The first-order chi connectivity index (χ1) is 12.5. The average Bonchev–Trinajstić information content (AvgIpc) is 3.06. The average molecular weight is 421 g/mol. The van der Waals surface area contributed by atoms with E-state index >= 15 is 0 Å². The summed E-state index contributed by atoms with van der Waals surface area (Å²) in [5.74, 6) is -0.764. The number of aromatic nitrogens is 1. The number of carbonyl (C=O) groups is 1. The number of nitrogens with zero attached hydrogens (tertiary/aromatic N) is 2. The van der Waals surface area contributed by atoms with Crippen LogP contribution in [0.3, 0.4) is 0 Å². The highest BCUT2D eigenvalue weighted by Crippen LogP contribution is 2.31. The van der Waals surface area contributed by atoms with Gasteiger partial charge in [0.15, 0.2) is 5.13 Å².